The van der Waals surface area contributed by atoms with Gasteiger partial charge in [-0.3, -0.25) is 15.1 Å². The summed E-state index contributed by atoms with van der Waals surface area (Å²) in [5.41, 5.74) is 2.55. The van der Waals surface area contributed by atoms with Crippen molar-refractivity contribution in [3.05, 3.63) is 54.1 Å². The van der Waals surface area contributed by atoms with Crippen molar-refractivity contribution in [1.29, 1.82) is 5.41 Å². The predicted octanol–water partition coefficient (Wildman–Crippen LogP) is 2.96. The van der Waals surface area contributed by atoms with Crippen LogP contribution in [0.1, 0.15) is 18.9 Å². The first kappa shape index (κ1) is 16.1. The Morgan fingerprint density at radius 3 is 2.50 bits per heavy atom. The van der Waals surface area contributed by atoms with Crippen LogP contribution in [0, 0.1) is 5.41 Å². The lowest BCUT2D eigenvalue weighted by molar-refractivity contribution is -0.129. The first-order valence-electron chi connectivity index (χ1n) is 7.81. The Bertz CT molecular complexity index is 765. The zero-order valence-electron chi connectivity index (χ0n) is 14.1. The molecule has 5 heteroatoms. The van der Waals surface area contributed by atoms with Gasteiger partial charge in [0.15, 0.2) is 5.96 Å². The van der Waals surface area contributed by atoms with Crippen LogP contribution in [-0.4, -0.2) is 30.9 Å². The molecule has 0 saturated carbocycles. The molecule has 2 N–H and O–H groups in total. The van der Waals surface area contributed by atoms with Crippen LogP contribution in [0.5, 0.6) is 5.75 Å². The van der Waals surface area contributed by atoms with E-state index in [0.717, 1.165) is 22.4 Å². The van der Waals surface area contributed by atoms with Crippen molar-refractivity contribution in [3.8, 4) is 16.9 Å². The Morgan fingerprint density at radius 2 is 1.88 bits per heavy atom. The number of carbonyl (C=O) groups excluding carboxylic acids is 1. The number of benzene rings is 2. The molecule has 0 aliphatic carbocycles. The van der Waals surface area contributed by atoms with Gasteiger partial charge < -0.3 is 10.1 Å². The van der Waals surface area contributed by atoms with Crippen molar-refractivity contribution in [2.75, 3.05) is 14.2 Å². The predicted molar refractivity (Wildman–Crippen MR) is 94.0 cm³/mol. The summed E-state index contributed by atoms with van der Waals surface area (Å²) in [6.07, 6.45) is 0.317. The third-order valence-corrected chi connectivity index (χ3v) is 4.53. The smallest absolute Gasteiger partial charge is 0.231 e. The van der Waals surface area contributed by atoms with Gasteiger partial charge in [0.25, 0.3) is 0 Å². The fraction of sp³-hybridized carbons (Fsp3) is 0.263. The van der Waals surface area contributed by atoms with Gasteiger partial charge in [-0.15, -0.1) is 0 Å². The van der Waals surface area contributed by atoms with Gasteiger partial charge in [0.1, 0.15) is 5.75 Å². The van der Waals surface area contributed by atoms with E-state index in [1.807, 2.05) is 49.4 Å². The second-order valence-electron chi connectivity index (χ2n) is 6.24. The number of hydrogen-bond acceptors (Lipinski definition) is 3. The molecular formula is C19H21N3O2. The second kappa shape index (κ2) is 6.00. The molecule has 1 amide bonds. The minimum Gasteiger partial charge on any atom is -0.497 e. The molecule has 1 saturated heterocycles. The molecule has 3 rings (SSSR count). The molecule has 24 heavy (non-hydrogen) atoms. The van der Waals surface area contributed by atoms with Gasteiger partial charge >= 0.3 is 0 Å². The van der Waals surface area contributed by atoms with E-state index in [1.165, 1.54) is 4.90 Å². The van der Waals surface area contributed by atoms with Crippen LogP contribution >= 0.6 is 0 Å². The highest BCUT2D eigenvalue weighted by Crippen LogP contribution is 2.32. The van der Waals surface area contributed by atoms with E-state index in [0.29, 0.717) is 6.42 Å². The van der Waals surface area contributed by atoms with E-state index >= 15 is 0 Å². The van der Waals surface area contributed by atoms with Crippen LogP contribution < -0.4 is 10.1 Å². The van der Waals surface area contributed by atoms with Crippen LogP contribution in [0.2, 0.25) is 0 Å². The molecule has 124 valence electrons. The van der Waals surface area contributed by atoms with Gasteiger partial charge in [-0.05, 0) is 41.8 Å². The summed E-state index contributed by atoms with van der Waals surface area (Å²) in [6.45, 7) is 1.96. The highest BCUT2D eigenvalue weighted by molar-refractivity contribution is 5.98. The average molecular weight is 323 g/mol. The number of ether oxygens (including phenoxy) is 1. The molecule has 1 fully saturated rings. The summed E-state index contributed by atoms with van der Waals surface area (Å²) in [6, 6.07) is 16.0. The van der Waals surface area contributed by atoms with Gasteiger partial charge in [0, 0.05) is 7.05 Å². The summed E-state index contributed by atoms with van der Waals surface area (Å²) in [7, 11) is 3.26. The maximum atomic E-state index is 12.2. The molecule has 0 aromatic heterocycles. The lowest BCUT2D eigenvalue weighted by atomic mass is 9.85. The maximum Gasteiger partial charge on any atom is 0.231 e. The molecule has 1 atom stereocenters. The minimum absolute atomic E-state index is 0.0592. The summed E-state index contributed by atoms with van der Waals surface area (Å²) in [5, 5.41) is 11.1. The van der Waals surface area contributed by atoms with Crippen molar-refractivity contribution in [3.63, 3.8) is 0 Å². The lowest BCUT2D eigenvalue weighted by Gasteiger charge is -2.39. The quantitative estimate of drug-likeness (QED) is 0.912. The van der Waals surface area contributed by atoms with E-state index in [4.69, 9.17) is 10.1 Å². The maximum absolute atomic E-state index is 12.2. The number of rotatable bonds is 3. The van der Waals surface area contributed by atoms with Crippen LogP contribution in [-0.2, 0) is 10.3 Å². The molecule has 1 aliphatic rings. The average Bonchev–Trinajstić information content (AvgIpc) is 2.60. The molecule has 1 heterocycles. The normalized spacial score (nSPS) is 20.7. The number of nitrogens with one attached hydrogen (secondary N) is 2. The van der Waals surface area contributed by atoms with Crippen molar-refractivity contribution < 1.29 is 9.53 Å². The number of guanidine groups is 1. The number of carbonyl (C=O) groups is 1. The number of methoxy groups -OCH3 is 1. The Labute approximate surface area is 141 Å². The van der Waals surface area contributed by atoms with Gasteiger partial charge in [0.05, 0.1) is 19.1 Å². The highest BCUT2D eigenvalue weighted by Gasteiger charge is 2.37. The fourth-order valence-electron chi connectivity index (χ4n) is 2.93. The summed E-state index contributed by atoms with van der Waals surface area (Å²) >= 11 is 0. The Hall–Kier alpha value is -2.82. The molecule has 0 radical (unpaired) electrons. The zero-order valence-corrected chi connectivity index (χ0v) is 14.1. The number of hydrogen-bond donors (Lipinski definition) is 2. The summed E-state index contributed by atoms with van der Waals surface area (Å²) < 4.78 is 5.20. The second-order valence-corrected chi connectivity index (χ2v) is 6.24. The topological polar surface area (TPSA) is 65.4 Å². The van der Waals surface area contributed by atoms with E-state index < -0.39 is 5.54 Å². The van der Waals surface area contributed by atoms with Crippen LogP contribution in [0.15, 0.2) is 48.5 Å². The van der Waals surface area contributed by atoms with E-state index in [1.54, 1.807) is 14.2 Å². The molecule has 5 nitrogen and oxygen atoms in total. The lowest BCUT2D eigenvalue weighted by Crippen LogP contribution is -2.58. The highest BCUT2D eigenvalue weighted by atomic mass is 16.5. The van der Waals surface area contributed by atoms with Crippen molar-refractivity contribution in [2.24, 2.45) is 0 Å². The Morgan fingerprint density at radius 1 is 1.17 bits per heavy atom. The van der Waals surface area contributed by atoms with E-state index in [2.05, 4.69) is 11.4 Å². The van der Waals surface area contributed by atoms with Crippen LogP contribution in [0.3, 0.4) is 0 Å². The van der Waals surface area contributed by atoms with Crippen molar-refractivity contribution in [1.82, 2.24) is 10.2 Å². The monoisotopic (exact) mass is 323 g/mol. The van der Waals surface area contributed by atoms with Crippen LogP contribution in [0.25, 0.3) is 11.1 Å². The molecule has 2 aromatic carbocycles. The zero-order chi connectivity index (χ0) is 17.3. The van der Waals surface area contributed by atoms with Gasteiger partial charge in [0.2, 0.25) is 5.91 Å². The van der Waals surface area contributed by atoms with Gasteiger partial charge in [-0.25, -0.2) is 0 Å². The van der Waals surface area contributed by atoms with Gasteiger partial charge in [-0.1, -0.05) is 30.3 Å². The largest absolute Gasteiger partial charge is 0.497 e. The molecular weight excluding hydrogens is 302 g/mol. The summed E-state index contributed by atoms with van der Waals surface area (Å²) in [4.78, 5) is 13.5. The summed E-state index contributed by atoms with van der Waals surface area (Å²) in [5.74, 6) is 0.887. The van der Waals surface area contributed by atoms with Crippen molar-refractivity contribution in [2.45, 2.75) is 18.9 Å². The first-order valence-corrected chi connectivity index (χ1v) is 7.81. The Kier molecular flexibility index (Phi) is 4.01. The number of amides is 1. The van der Waals surface area contributed by atoms with E-state index in [-0.39, 0.29) is 11.9 Å². The molecule has 1 aliphatic heterocycles. The molecule has 0 spiro atoms. The van der Waals surface area contributed by atoms with Gasteiger partial charge in [-0.2, -0.15) is 0 Å². The minimum atomic E-state index is -0.580. The van der Waals surface area contributed by atoms with E-state index in [9.17, 15) is 4.79 Å². The Balaban J connectivity index is 1.95. The van der Waals surface area contributed by atoms with Crippen LogP contribution in [0.4, 0.5) is 0 Å². The fourth-order valence-corrected chi connectivity index (χ4v) is 2.93. The molecule has 0 bridgehead atoms. The molecule has 0 unspecified atom stereocenters. The third kappa shape index (κ3) is 2.85. The van der Waals surface area contributed by atoms with Crippen molar-refractivity contribution >= 4 is 11.9 Å². The first-order chi connectivity index (χ1) is 11.4. The molecule has 2 aromatic rings. The number of nitrogens with zero attached hydrogens (tertiary/aromatic N) is 1. The SMILES string of the molecule is COc1ccc(-c2cccc([C@]3(C)CC(=O)N(C)C(=N)N3)c2)cc1. The standard InChI is InChI=1S/C19H21N3O2/c1-19(12-17(23)22(2)18(20)21-19)15-6-4-5-14(11-15)13-7-9-16(24-3)10-8-13/h4-11H,12H2,1-3H3,(H2,20,21)/t19-/m0/s1. The third-order valence-electron chi connectivity index (χ3n) is 4.53.